The van der Waals surface area contributed by atoms with Crippen molar-refractivity contribution in [1.29, 1.82) is 0 Å². The van der Waals surface area contributed by atoms with Crippen molar-refractivity contribution in [3.8, 4) is 5.75 Å². The zero-order valence-electron chi connectivity index (χ0n) is 17.2. The first-order chi connectivity index (χ1) is 15.2. The van der Waals surface area contributed by atoms with Crippen LogP contribution >= 0.6 is 11.3 Å². The van der Waals surface area contributed by atoms with E-state index in [-0.39, 0.29) is 12.2 Å². The zero-order valence-corrected chi connectivity index (χ0v) is 18.0. The van der Waals surface area contributed by atoms with Crippen LogP contribution in [0.15, 0.2) is 41.5 Å². The van der Waals surface area contributed by atoms with E-state index in [1.54, 1.807) is 12.1 Å². The van der Waals surface area contributed by atoms with E-state index in [0.29, 0.717) is 29.8 Å². The highest BCUT2D eigenvalue weighted by molar-refractivity contribution is 7.15. The largest absolute Gasteiger partial charge is 0.573 e. The minimum atomic E-state index is -4.69. The van der Waals surface area contributed by atoms with E-state index in [9.17, 15) is 13.2 Å². The fourth-order valence-corrected chi connectivity index (χ4v) is 4.08. The van der Waals surface area contributed by atoms with Crippen molar-refractivity contribution < 1.29 is 22.7 Å². The topological polar surface area (TPSA) is 142 Å². The maximum absolute atomic E-state index is 12.3. The van der Waals surface area contributed by atoms with Crippen LogP contribution in [-0.4, -0.2) is 28.7 Å². The number of carbonyl (C=O) groups excluding carboxylic acids is 1. The number of amides is 1. The van der Waals surface area contributed by atoms with Crippen LogP contribution in [0, 0.1) is 5.92 Å². The summed E-state index contributed by atoms with van der Waals surface area (Å²) in [7, 11) is 0. The van der Waals surface area contributed by atoms with Crippen molar-refractivity contribution in [3.63, 3.8) is 0 Å². The monoisotopic (exact) mass is 470 g/mol. The van der Waals surface area contributed by atoms with Crippen molar-refractivity contribution in [2.45, 2.75) is 44.4 Å². The Morgan fingerprint density at radius 2 is 2.03 bits per heavy atom. The van der Waals surface area contributed by atoms with E-state index < -0.39 is 6.36 Å². The third kappa shape index (κ3) is 8.53. The maximum atomic E-state index is 12.3. The number of hydrogen-bond acceptors (Lipinski definition) is 8. The lowest BCUT2D eigenvalue weighted by molar-refractivity contribution is -0.274. The quantitative estimate of drug-likeness (QED) is 0.233. The fraction of sp³-hybridized carbons (Fsp3) is 0.400. The molecule has 8 nitrogen and oxygen atoms in total. The van der Waals surface area contributed by atoms with E-state index >= 15 is 0 Å². The van der Waals surface area contributed by atoms with E-state index in [1.165, 1.54) is 23.5 Å². The second-order valence-electron chi connectivity index (χ2n) is 7.11. The third-order valence-electron chi connectivity index (χ3n) is 4.75. The maximum Gasteiger partial charge on any atom is 0.573 e. The second-order valence-corrected chi connectivity index (χ2v) is 8.15. The molecule has 1 amide bonds. The van der Waals surface area contributed by atoms with Crippen molar-refractivity contribution in [2.75, 3.05) is 5.73 Å². The van der Waals surface area contributed by atoms with Crippen LogP contribution in [0.1, 0.15) is 42.2 Å². The SMILES string of the molecule is N/N=C(\C=C/CCc1cccc(OC(F)(F)F)c1)CC1CC(c2nnc(N)s2)C1.NC=O. The number of nitrogen functional groups attached to an aromatic ring is 1. The van der Waals surface area contributed by atoms with Gasteiger partial charge in [-0.2, -0.15) is 5.10 Å². The van der Waals surface area contributed by atoms with Crippen LogP contribution in [0.5, 0.6) is 5.75 Å². The summed E-state index contributed by atoms with van der Waals surface area (Å²) in [5, 5.41) is 13.3. The summed E-state index contributed by atoms with van der Waals surface area (Å²) in [4.78, 5) is 8.58. The molecule has 32 heavy (non-hydrogen) atoms. The molecule has 6 N–H and O–H groups in total. The average molecular weight is 471 g/mol. The number of anilines is 1. The summed E-state index contributed by atoms with van der Waals surface area (Å²) >= 11 is 1.43. The van der Waals surface area contributed by atoms with Crippen LogP contribution in [0.2, 0.25) is 0 Å². The Hall–Kier alpha value is -3.15. The highest BCUT2D eigenvalue weighted by atomic mass is 32.1. The van der Waals surface area contributed by atoms with E-state index in [2.05, 4.69) is 25.8 Å². The Bertz CT molecular complexity index is 926. The lowest BCUT2D eigenvalue weighted by atomic mass is 9.73. The molecule has 1 aliphatic carbocycles. The van der Waals surface area contributed by atoms with Crippen LogP contribution in [-0.2, 0) is 11.2 Å². The van der Waals surface area contributed by atoms with E-state index in [0.717, 1.165) is 35.5 Å². The molecular formula is C20H25F3N6O2S. The Balaban J connectivity index is 0.00000114. The fourth-order valence-electron chi connectivity index (χ4n) is 3.34. The molecule has 0 unspecified atom stereocenters. The average Bonchev–Trinajstić information content (AvgIpc) is 3.11. The Morgan fingerprint density at radius 1 is 1.31 bits per heavy atom. The molecule has 1 aromatic carbocycles. The van der Waals surface area contributed by atoms with Crippen molar-refractivity contribution in [2.24, 2.45) is 22.6 Å². The molecule has 3 rings (SSSR count). The number of halogens is 3. The number of aromatic nitrogens is 2. The van der Waals surface area contributed by atoms with Gasteiger partial charge in [0.1, 0.15) is 10.8 Å². The predicted octanol–water partition coefficient (Wildman–Crippen LogP) is 3.51. The zero-order chi connectivity index (χ0) is 23.6. The molecule has 2 aromatic rings. The number of aryl methyl sites for hydroxylation is 1. The van der Waals surface area contributed by atoms with Gasteiger partial charge in [0, 0.05) is 5.92 Å². The number of hydrogen-bond donors (Lipinski definition) is 3. The molecule has 1 heterocycles. The van der Waals surface area contributed by atoms with Crippen molar-refractivity contribution >= 4 is 28.6 Å². The van der Waals surface area contributed by atoms with Gasteiger partial charge in [-0.1, -0.05) is 29.5 Å². The minimum Gasteiger partial charge on any atom is -0.406 e. The summed E-state index contributed by atoms with van der Waals surface area (Å²) < 4.78 is 40.8. The number of rotatable bonds is 8. The Kier molecular flexibility index (Phi) is 9.44. The van der Waals surface area contributed by atoms with Gasteiger partial charge in [-0.15, -0.1) is 23.4 Å². The molecule has 12 heteroatoms. The molecule has 1 fully saturated rings. The van der Waals surface area contributed by atoms with E-state index in [1.807, 2.05) is 12.2 Å². The molecule has 0 aliphatic heterocycles. The number of carbonyl (C=O) groups is 1. The smallest absolute Gasteiger partial charge is 0.406 e. The molecule has 0 bridgehead atoms. The van der Waals surface area contributed by atoms with Gasteiger partial charge >= 0.3 is 6.36 Å². The minimum absolute atomic E-state index is 0.208. The number of ether oxygens (including phenoxy) is 1. The number of primary amides is 1. The van der Waals surface area contributed by atoms with Gasteiger partial charge in [0.15, 0.2) is 0 Å². The number of benzene rings is 1. The molecule has 1 aromatic heterocycles. The Morgan fingerprint density at radius 3 is 2.62 bits per heavy atom. The number of hydrazone groups is 1. The van der Waals surface area contributed by atoms with Crippen molar-refractivity contribution in [3.05, 3.63) is 47.0 Å². The van der Waals surface area contributed by atoms with Gasteiger partial charge in [0.05, 0.1) is 5.71 Å². The Labute approximate surface area is 187 Å². The number of nitrogens with two attached hydrogens (primary N) is 3. The molecule has 0 radical (unpaired) electrons. The summed E-state index contributed by atoms with van der Waals surface area (Å²) in [6, 6.07) is 6.00. The number of nitrogens with zero attached hydrogens (tertiary/aromatic N) is 3. The first-order valence-electron chi connectivity index (χ1n) is 9.76. The third-order valence-corrected chi connectivity index (χ3v) is 5.66. The number of allylic oxidation sites excluding steroid dienone is 2. The van der Waals surface area contributed by atoms with Gasteiger partial charge in [0.25, 0.3) is 0 Å². The summed E-state index contributed by atoms with van der Waals surface area (Å²) in [6.07, 6.45) is 3.43. The van der Waals surface area contributed by atoms with Gasteiger partial charge in [0.2, 0.25) is 11.5 Å². The van der Waals surface area contributed by atoms with Crippen LogP contribution in [0.4, 0.5) is 18.3 Å². The molecule has 0 spiro atoms. The first kappa shape index (κ1) is 25.1. The predicted molar refractivity (Wildman–Crippen MR) is 117 cm³/mol. The molecule has 174 valence electrons. The second kappa shape index (κ2) is 12.0. The van der Waals surface area contributed by atoms with Gasteiger partial charge < -0.3 is 22.0 Å². The normalized spacial score (nSPS) is 18.5. The van der Waals surface area contributed by atoms with Crippen LogP contribution < -0.4 is 22.0 Å². The van der Waals surface area contributed by atoms with Crippen LogP contribution in [0.3, 0.4) is 0 Å². The van der Waals surface area contributed by atoms with E-state index in [4.69, 9.17) is 16.4 Å². The lowest BCUT2D eigenvalue weighted by Crippen LogP contribution is -2.24. The van der Waals surface area contributed by atoms with Gasteiger partial charge in [-0.05, 0) is 61.8 Å². The lowest BCUT2D eigenvalue weighted by Gasteiger charge is -2.33. The molecule has 0 saturated heterocycles. The first-order valence-corrected chi connectivity index (χ1v) is 10.6. The van der Waals surface area contributed by atoms with Crippen molar-refractivity contribution in [1.82, 2.24) is 10.2 Å². The number of alkyl halides is 3. The van der Waals surface area contributed by atoms with Gasteiger partial charge in [-0.3, -0.25) is 4.79 Å². The molecule has 0 atom stereocenters. The standard InChI is InChI=1S/C19H22F3N5OS.CH3NO/c20-19(21,22)28-16-7-3-5-12(11-16)4-1-2-6-15(25-24)10-13-8-14(9-13)17-26-27-18(23)29-17;2-1-3/h2-3,5-7,11,13-14H,1,4,8-10,24H2,(H2,23,27);1H,(H2,2,3)/b6-2-,25-15+;. The summed E-state index contributed by atoms with van der Waals surface area (Å²) in [6.45, 7) is 0. The molecule has 1 aliphatic rings. The summed E-state index contributed by atoms with van der Waals surface area (Å²) in [5.74, 6) is 6.19. The highest BCUT2D eigenvalue weighted by Gasteiger charge is 2.33. The molecule has 1 saturated carbocycles. The van der Waals surface area contributed by atoms with Crippen LogP contribution in [0.25, 0.3) is 0 Å². The summed E-state index contributed by atoms with van der Waals surface area (Å²) in [5.41, 5.74) is 11.4. The molecular weight excluding hydrogens is 445 g/mol. The highest BCUT2D eigenvalue weighted by Crippen LogP contribution is 2.44. The van der Waals surface area contributed by atoms with Gasteiger partial charge in [-0.25, -0.2) is 0 Å².